The lowest BCUT2D eigenvalue weighted by atomic mass is 10.1. The molecule has 1 fully saturated rings. The van der Waals surface area contributed by atoms with Gasteiger partial charge in [-0.05, 0) is 12.5 Å². The first-order valence-corrected chi connectivity index (χ1v) is 4.38. The van der Waals surface area contributed by atoms with Crippen LogP contribution in [0.25, 0.3) is 0 Å². The van der Waals surface area contributed by atoms with Crippen LogP contribution in [0.3, 0.4) is 0 Å². The van der Waals surface area contributed by atoms with Gasteiger partial charge in [-0.2, -0.15) is 0 Å². The van der Waals surface area contributed by atoms with Gasteiger partial charge in [-0.25, -0.2) is 9.18 Å². The predicted molar refractivity (Wildman–Crippen MR) is 48.4 cm³/mol. The number of alkyl carbamates (subject to hydrolysis) is 1. The van der Waals surface area contributed by atoms with E-state index in [4.69, 9.17) is 4.74 Å². The topological polar surface area (TPSA) is 38.3 Å². The molecule has 14 heavy (non-hydrogen) atoms. The molecule has 0 bridgehead atoms. The Morgan fingerprint density at radius 3 is 3.00 bits per heavy atom. The van der Waals surface area contributed by atoms with Gasteiger partial charge in [0.1, 0.15) is 11.9 Å². The first-order chi connectivity index (χ1) is 6.68. The summed E-state index contributed by atoms with van der Waals surface area (Å²) < 4.78 is 18.5. The molecule has 3 nitrogen and oxygen atoms in total. The molecule has 4 heteroatoms. The van der Waals surface area contributed by atoms with E-state index in [1.165, 1.54) is 0 Å². The van der Waals surface area contributed by atoms with Crippen molar-refractivity contribution in [2.75, 3.05) is 6.54 Å². The molecule has 0 aliphatic carbocycles. The normalized spacial score (nSPS) is 20.4. The maximum Gasteiger partial charge on any atom is 0.407 e. The number of amides is 1. The van der Waals surface area contributed by atoms with Crippen molar-refractivity contribution in [1.29, 1.82) is 0 Å². The van der Waals surface area contributed by atoms with Crippen molar-refractivity contribution in [2.45, 2.75) is 13.0 Å². The van der Waals surface area contributed by atoms with E-state index in [-0.39, 0.29) is 5.82 Å². The van der Waals surface area contributed by atoms with Crippen molar-refractivity contribution in [3.63, 3.8) is 0 Å². The van der Waals surface area contributed by atoms with Crippen molar-refractivity contribution in [1.82, 2.24) is 5.32 Å². The van der Waals surface area contributed by atoms with Crippen LogP contribution in [-0.4, -0.2) is 12.6 Å². The molecule has 0 saturated carbocycles. The van der Waals surface area contributed by atoms with Crippen molar-refractivity contribution in [3.05, 3.63) is 35.1 Å². The van der Waals surface area contributed by atoms with Gasteiger partial charge in [-0.15, -0.1) is 0 Å². The molecule has 0 radical (unpaired) electrons. The van der Waals surface area contributed by atoms with Gasteiger partial charge >= 0.3 is 6.09 Å². The minimum atomic E-state index is -0.498. The molecule has 1 aliphatic rings. The molecule has 1 N–H and O–H groups in total. The summed E-state index contributed by atoms with van der Waals surface area (Å²) in [5.41, 5.74) is 0.994. The summed E-state index contributed by atoms with van der Waals surface area (Å²) in [5, 5.41) is 2.49. The molecular formula is C10H10FNO2. The lowest BCUT2D eigenvalue weighted by Gasteiger charge is -2.10. The van der Waals surface area contributed by atoms with Gasteiger partial charge in [0.2, 0.25) is 0 Å². The fourth-order valence-corrected chi connectivity index (χ4v) is 1.48. The highest BCUT2D eigenvalue weighted by molar-refractivity contribution is 5.69. The summed E-state index contributed by atoms with van der Waals surface area (Å²) in [4.78, 5) is 10.8. The summed E-state index contributed by atoms with van der Waals surface area (Å²) in [6, 6.07) is 5.07. The average molecular weight is 195 g/mol. The highest BCUT2D eigenvalue weighted by Gasteiger charge is 2.26. The van der Waals surface area contributed by atoms with E-state index in [2.05, 4.69) is 5.32 Å². The Hall–Kier alpha value is -1.58. The van der Waals surface area contributed by atoms with Gasteiger partial charge in [0.25, 0.3) is 0 Å². The van der Waals surface area contributed by atoms with Crippen molar-refractivity contribution in [3.8, 4) is 0 Å². The third-order valence-corrected chi connectivity index (χ3v) is 2.25. The van der Waals surface area contributed by atoms with Crippen LogP contribution in [0.2, 0.25) is 0 Å². The molecule has 0 aromatic heterocycles. The zero-order valence-electron chi connectivity index (χ0n) is 7.71. The van der Waals surface area contributed by atoms with Crippen LogP contribution in [0.1, 0.15) is 17.2 Å². The number of hydrogen-bond acceptors (Lipinski definition) is 2. The highest BCUT2D eigenvalue weighted by Crippen LogP contribution is 2.24. The molecule has 0 spiro atoms. The van der Waals surface area contributed by atoms with E-state index < -0.39 is 12.2 Å². The molecule has 1 heterocycles. The molecule has 2 rings (SSSR count). The first kappa shape index (κ1) is 8.99. The number of cyclic esters (lactones) is 1. The number of carbonyl (C=O) groups excluding carboxylic acids is 1. The molecule has 1 atom stereocenters. The maximum absolute atomic E-state index is 13.6. The molecule has 1 saturated heterocycles. The Morgan fingerprint density at radius 2 is 2.36 bits per heavy atom. The quantitative estimate of drug-likeness (QED) is 0.743. The Labute approximate surface area is 80.9 Å². The lowest BCUT2D eigenvalue weighted by molar-refractivity contribution is 0.139. The Bertz CT molecular complexity index is 378. The van der Waals surface area contributed by atoms with E-state index in [1.807, 2.05) is 0 Å². The molecule has 74 valence electrons. The molecule has 1 aliphatic heterocycles. The average Bonchev–Trinajstić information content (AvgIpc) is 2.57. The van der Waals surface area contributed by atoms with Crippen LogP contribution in [-0.2, 0) is 4.74 Å². The smallest absolute Gasteiger partial charge is 0.407 e. The zero-order chi connectivity index (χ0) is 10.1. The van der Waals surface area contributed by atoms with E-state index in [9.17, 15) is 9.18 Å². The van der Waals surface area contributed by atoms with Crippen LogP contribution in [0.15, 0.2) is 18.2 Å². The monoisotopic (exact) mass is 195 g/mol. The third kappa shape index (κ3) is 1.43. The maximum atomic E-state index is 13.6. The van der Waals surface area contributed by atoms with Gasteiger partial charge in [0.15, 0.2) is 0 Å². The number of nitrogens with one attached hydrogen (secondary N) is 1. The molecule has 1 aromatic carbocycles. The summed E-state index contributed by atoms with van der Waals surface area (Å²) in [5.74, 6) is -0.297. The van der Waals surface area contributed by atoms with E-state index in [1.54, 1.807) is 25.1 Å². The second-order valence-corrected chi connectivity index (χ2v) is 3.25. The SMILES string of the molecule is Cc1cccc(C2CNC(=O)O2)c1F. The fourth-order valence-electron chi connectivity index (χ4n) is 1.48. The van der Waals surface area contributed by atoms with Crippen LogP contribution in [0.4, 0.5) is 9.18 Å². The number of ether oxygens (including phenoxy) is 1. The largest absolute Gasteiger partial charge is 0.439 e. The second kappa shape index (κ2) is 3.29. The van der Waals surface area contributed by atoms with Gasteiger partial charge in [0, 0.05) is 5.56 Å². The Balaban J connectivity index is 2.32. The molecule has 1 aromatic rings. The minimum Gasteiger partial charge on any atom is -0.439 e. The van der Waals surface area contributed by atoms with Crippen molar-refractivity contribution >= 4 is 6.09 Å². The number of aryl methyl sites for hydroxylation is 1. The van der Waals surface area contributed by atoms with Crippen LogP contribution >= 0.6 is 0 Å². The van der Waals surface area contributed by atoms with E-state index >= 15 is 0 Å². The van der Waals surface area contributed by atoms with E-state index in [0.717, 1.165) is 0 Å². The number of carbonyl (C=O) groups is 1. The van der Waals surface area contributed by atoms with Gasteiger partial charge < -0.3 is 10.1 Å². The second-order valence-electron chi connectivity index (χ2n) is 3.25. The summed E-state index contributed by atoms with van der Waals surface area (Å²) in [6.45, 7) is 2.02. The number of rotatable bonds is 1. The van der Waals surface area contributed by atoms with Crippen LogP contribution in [0, 0.1) is 12.7 Å². The number of hydrogen-bond donors (Lipinski definition) is 1. The first-order valence-electron chi connectivity index (χ1n) is 4.38. The summed E-state index contributed by atoms with van der Waals surface area (Å²) in [7, 11) is 0. The van der Waals surface area contributed by atoms with Crippen molar-refractivity contribution < 1.29 is 13.9 Å². The Kier molecular flexibility index (Phi) is 2.11. The van der Waals surface area contributed by atoms with Gasteiger partial charge in [-0.1, -0.05) is 18.2 Å². The zero-order valence-corrected chi connectivity index (χ0v) is 7.71. The van der Waals surface area contributed by atoms with Gasteiger partial charge in [-0.3, -0.25) is 0 Å². The minimum absolute atomic E-state index is 0.297. The molecule has 1 amide bonds. The third-order valence-electron chi connectivity index (χ3n) is 2.25. The fraction of sp³-hybridized carbons (Fsp3) is 0.300. The molecular weight excluding hydrogens is 185 g/mol. The number of halogens is 1. The van der Waals surface area contributed by atoms with Gasteiger partial charge in [0.05, 0.1) is 6.54 Å². The highest BCUT2D eigenvalue weighted by atomic mass is 19.1. The van der Waals surface area contributed by atoms with Crippen LogP contribution < -0.4 is 5.32 Å². The molecule has 1 unspecified atom stereocenters. The lowest BCUT2D eigenvalue weighted by Crippen LogP contribution is -2.12. The Morgan fingerprint density at radius 1 is 1.57 bits per heavy atom. The standard InChI is InChI=1S/C10H10FNO2/c1-6-3-2-4-7(9(6)11)8-5-12-10(13)14-8/h2-4,8H,5H2,1H3,(H,12,13). The number of benzene rings is 1. The predicted octanol–water partition coefficient (Wildman–Crippen LogP) is 1.92. The summed E-state index contributed by atoms with van der Waals surface area (Å²) >= 11 is 0. The summed E-state index contributed by atoms with van der Waals surface area (Å²) in [6.07, 6.45) is -0.988. The van der Waals surface area contributed by atoms with E-state index in [0.29, 0.717) is 17.7 Å². The van der Waals surface area contributed by atoms with Crippen molar-refractivity contribution in [2.24, 2.45) is 0 Å². The van der Waals surface area contributed by atoms with Crippen LogP contribution in [0.5, 0.6) is 0 Å².